The number of thiophene rings is 1. The molecule has 0 saturated heterocycles. The first-order valence-electron chi connectivity index (χ1n) is 10.3. The van der Waals surface area contributed by atoms with Gasteiger partial charge in [0, 0.05) is 42.7 Å². The van der Waals surface area contributed by atoms with Crippen molar-refractivity contribution in [2.24, 2.45) is 5.73 Å². The van der Waals surface area contributed by atoms with Gasteiger partial charge in [0.25, 0.3) is 11.6 Å². The molecular formula is C24H22N4O4S. The number of primary amides is 1. The van der Waals surface area contributed by atoms with Gasteiger partial charge in [0.1, 0.15) is 5.00 Å². The third kappa shape index (κ3) is 5.33. The van der Waals surface area contributed by atoms with E-state index < -0.39 is 16.7 Å². The molecule has 0 spiro atoms. The normalized spacial score (nSPS) is 13.6. The molecule has 8 nitrogen and oxygen atoms in total. The summed E-state index contributed by atoms with van der Waals surface area (Å²) in [6.07, 6.45) is 3.57. The van der Waals surface area contributed by atoms with Crippen molar-refractivity contribution in [3.63, 3.8) is 0 Å². The van der Waals surface area contributed by atoms with Gasteiger partial charge in [-0.05, 0) is 41.3 Å². The molecule has 3 aromatic rings. The highest BCUT2D eigenvalue weighted by atomic mass is 32.1. The highest BCUT2D eigenvalue weighted by Crippen LogP contribution is 2.37. The largest absolute Gasteiger partial charge is 0.365 e. The predicted molar refractivity (Wildman–Crippen MR) is 128 cm³/mol. The molecule has 1 aromatic heterocycles. The minimum Gasteiger partial charge on any atom is -0.365 e. The Balaban J connectivity index is 1.47. The molecular weight excluding hydrogens is 440 g/mol. The van der Waals surface area contributed by atoms with Crippen LogP contribution in [0.15, 0.2) is 60.7 Å². The van der Waals surface area contributed by atoms with Crippen LogP contribution in [0.25, 0.3) is 6.08 Å². The number of hydrogen-bond donors (Lipinski definition) is 2. The molecule has 0 radical (unpaired) electrons. The van der Waals surface area contributed by atoms with Crippen LogP contribution in [-0.2, 0) is 24.3 Å². The number of hydrogen-bond acceptors (Lipinski definition) is 6. The fourth-order valence-corrected chi connectivity index (χ4v) is 5.11. The Bertz CT molecular complexity index is 1220. The van der Waals surface area contributed by atoms with E-state index >= 15 is 0 Å². The molecule has 2 amide bonds. The number of fused-ring (bicyclic) bond motifs is 1. The Labute approximate surface area is 194 Å². The van der Waals surface area contributed by atoms with Crippen molar-refractivity contribution in [3.05, 3.63) is 97.9 Å². The summed E-state index contributed by atoms with van der Waals surface area (Å²) in [5.74, 6) is -0.964. The fraction of sp³-hybridized carbons (Fsp3) is 0.167. The lowest BCUT2D eigenvalue weighted by molar-refractivity contribution is -0.384. The van der Waals surface area contributed by atoms with Gasteiger partial charge in [0.15, 0.2) is 0 Å². The van der Waals surface area contributed by atoms with E-state index in [0.717, 1.165) is 23.5 Å². The number of benzene rings is 2. The first kappa shape index (κ1) is 22.4. The van der Waals surface area contributed by atoms with E-state index in [9.17, 15) is 19.7 Å². The van der Waals surface area contributed by atoms with Gasteiger partial charge in [-0.3, -0.25) is 24.6 Å². The summed E-state index contributed by atoms with van der Waals surface area (Å²) in [6.45, 7) is 2.29. The molecule has 0 bridgehead atoms. The maximum atomic E-state index is 12.5. The minimum absolute atomic E-state index is 0.0202. The number of amides is 2. The van der Waals surface area contributed by atoms with Gasteiger partial charge in [0.05, 0.1) is 10.5 Å². The van der Waals surface area contributed by atoms with E-state index in [4.69, 9.17) is 5.73 Å². The van der Waals surface area contributed by atoms with Crippen LogP contribution in [0.5, 0.6) is 0 Å². The number of non-ortho nitro benzene ring substituents is 1. The summed E-state index contributed by atoms with van der Waals surface area (Å²) in [6, 6.07) is 16.0. The van der Waals surface area contributed by atoms with Crippen LogP contribution in [-0.4, -0.2) is 28.2 Å². The van der Waals surface area contributed by atoms with Crippen LogP contribution in [0, 0.1) is 10.1 Å². The molecule has 2 heterocycles. The van der Waals surface area contributed by atoms with Crippen molar-refractivity contribution >= 4 is 39.9 Å². The molecule has 0 fully saturated rings. The van der Waals surface area contributed by atoms with Crippen LogP contribution >= 0.6 is 11.3 Å². The van der Waals surface area contributed by atoms with Crippen molar-refractivity contribution in [1.82, 2.24) is 4.90 Å². The maximum Gasteiger partial charge on any atom is 0.269 e. The quantitative estimate of drug-likeness (QED) is 0.313. The molecule has 0 aliphatic carbocycles. The zero-order chi connectivity index (χ0) is 23.4. The number of rotatable bonds is 7. The zero-order valence-electron chi connectivity index (χ0n) is 17.7. The Morgan fingerprint density at radius 1 is 1.15 bits per heavy atom. The fourth-order valence-electron chi connectivity index (χ4n) is 3.81. The molecule has 4 rings (SSSR count). The van der Waals surface area contributed by atoms with Crippen molar-refractivity contribution < 1.29 is 14.5 Å². The van der Waals surface area contributed by atoms with Crippen molar-refractivity contribution in [2.45, 2.75) is 19.5 Å². The number of nitro benzene ring substituents is 1. The second-order valence-electron chi connectivity index (χ2n) is 7.69. The van der Waals surface area contributed by atoms with Gasteiger partial charge in [0.2, 0.25) is 5.91 Å². The molecule has 2 aromatic carbocycles. The van der Waals surface area contributed by atoms with E-state index in [0.29, 0.717) is 29.1 Å². The number of anilines is 1. The Morgan fingerprint density at radius 3 is 2.55 bits per heavy atom. The first-order valence-corrected chi connectivity index (χ1v) is 11.2. The summed E-state index contributed by atoms with van der Waals surface area (Å²) in [4.78, 5) is 38.3. The molecule has 0 atom stereocenters. The standard InChI is InChI=1S/C24H22N4O4S/c25-23(30)22-19-12-13-27(14-17-4-2-1-3-5-17)15-20(19)33-24(22)26-21(29)11-8-16-6-9-18(10-7-16)28(31)32/h1-11H,12-15H2,(H2,25,30)(H,26,29). The monoisotopic (exact) mass is 462 g/mol. The average molecular weight is 463 g/mol. The number of nitrogens with two attached hydrogens (primary N) is 1. The number of nitrogens with one attached hydrogen (secondary N) is 1. The van der Waals surface area contributed by atoms with Crippen LogP contribution in [0.4, 0.5) is 10.7 Å². The Morgan fingerprint density at radius 2 is 1.88 bits per heavy atom. The van der Waals surface area contributed by atoms with E-state index in [1.54, 1.807) is 18.2 Å². The zero-order valence-corrected chi connectivity index (χ0v) is 18.5. The topological polar surface area (TPSA) is 119 Å². The number of carbonyl (C=O) groups excluding carboxylic acids is 2. The van der Waals surface area contributed by atoms with Gasteiger partial charge in [-0.25, -0.2) is 0 Å². The second kappa shape index (κ2) is 9.76. The van der Waals surface area contributed by atoms with Crippen molar-refractivity contribution in [1.29, 1.82) is 0 Å². The van der Waals surface area contributed by atoms with E-state index in [1.165, 1.54) is 35.1 Å². The highest BCUT2D eigenvalue weighted by Gasteiger charge is 2.27. The van der Waals surface area contributed by atoms with Gasteiger partial charge < -0.3 is 11.1 Å². The van der Waals surface area contributed by atoms with Crippen LogP contribution in [0.2, 0.25) is 0 Å². The molecule has 1 aliphatic heterocycles. The van der Waals surface area contributed by atoms with Gasteiger partial charge in [-0.2, -0.15) is 0 Å². The molecule has 0 unspecified atom stereocenters. The smallest absolute Gasteiger partial charge is 0.269 e. The summed E-state index contributed by atoms with van der Waals surface area (Å²) >= 11 is 1.38. The maximum absolute atomic E-state index is 12.5. The highest BCUT2D eigenvalue weighted by molar-refractivity contribution is 7.17. The summed E-state index contributed by atoms with van der Waals surface area (Å²) < 4.78 is 0. The summed E-state index contributed by atoms with van der Waals surface area (Å²) in [7, 11) is 0. The minimum atomic E-state index is -0.557. The molecule has 0 saturated carbocycles. The molecule has 33 heavy (non-hydrogen) atoms. The van der Waals surface area contributed by atoms with Gasteiger partial charge >= 0.3 is 0 Å². The number of nitrogens with zero attached hydrogens (tertiary/aromatic N) is 2. The average Bonchev–Trinajstić information content (AvgIpc) is 3.15. The van der Waals surface area contributed by atoms with E-state index in [-0.39, 0.29) is 5.69 Å². The summed E-state index contributed by atoms with van der Waals surface area (Å²) in [5.41, 5.74) is 8.79. The SMILES string of the molecule is NC(=O)c1c(NC(=O)C=Cc2ccc([N+](=O)[O-])cc2)sc2c1CCN(Cc1ccccc1)C2. The molecule has 9 heteroatoms. The number of nitro groups is 1. The lowest BCUT2D eigenvalue weighted by Crippen LogP contribution is -2.30. The predicted octanol–water partition coefficient (Wildman–Crippen LogP) is 3.97. The first-order chi connectivity index (χ1) is 15.9. The molecule has 168 valence electrons. The van der Waals surface area contributed by atoms with Gasteiger partial charge in [-0.15, -0.1) is 11.3 Å². The summed E-state index contributed by atoms with van der Waals surface area (Å²) in [5, 5.41) is 14.0. The third-order valence-corrected chi connectivity index (χ3v) is 6.53. The second-order valence-corrected chi connectivity index (χ2v) is 8.79. The van der Waals surface area contributed by atoms with Crippen LogP contribution < -0.4 is 11.1 Å². The lowest BCUT2D eigenvalue weighted by atomic mass is 10.0. The van der Waals surface area contributed by atoms with Crippen molar-refractivity contribution in [3.8, 4) is 0 Å². The Kier molecular flexibility index (Phi) is 6.62. The Hall–Kier alpha value is -3.82. The van der Waals surface area contributed by atoms with Crippen LogP contribution in [0.3, 0.4) is 0 Å². The van der Waals surface area contributed by atoms with Crippen LogP contribution in [0.1, 0.15) is 31.9 Å². The number of carbonyl (C=O) groups is 2. The third-order valence-electron chi connectivity index (χ3n) is 5.40. The van der Waals surface area contributed by atoms with Gasteiger partial charge in [-0.1, -0.05) is 30.3 Å². The molecule has 1 aliphatic rings. The lowest BCUT2D eigenvalue weighted by Gasteiger charge is -2.27. The van der Waals surface area contributed by atoms with E-state index in [2.05, 4.69) is 22.3 Å². The van der Waals surface area contributed by atoms with E-state index in [1.807, 2.05) is 18.2 Å². The molecule has 3 N–H and O–H groups in total. The van der Waals surface area contributed by atoms with Crippen molar-refractivity contribution in [2.75, 3.05) is 11.9 Å².